The van der Waals surface area contributed by atoms with E-state index in [1.54, 1.807) is 36.4 Å². The van der Waals surface area contributed by atoms with E-state index in [9.17, 15) is 19.5 Å². The lowest BCUT2D eigenvalue weighted by Crippen LogP contribution is -2.52. The van der Waals surface area contributed by atoms with Gasteiger partial charge in [0.15, 0.2) is 11.8 Å². The van der Waals surface area contributed by atoms with E-state index in [0.717, 1.165) is 11.1 Å². The number of ketones is 1. The molecular weight excluding hydrogens is 428 g/mol. The predicted octanol–water partition coefficient (Wildman–Crippen LogP) is 0.926. The molecule has 0 fully saturated rings. The van der Waals surface area contributed by atoms with Crippen LogP contribution in [-0.4, -0.2) is 72.9 Å². The minimum Gasteiger partial charge on any atom is -0.491 e. The van der Waals surface area contributed by atoms with Crippen LogP contribution >= 0.6 is 0 Å². The van der Waals surface area contributed by atoms with Crippen molar-refractivity contribution in [3.05, 3.63) is 54.1 Å². The molecule has 0 saturated carbocycles. The second-order valence-electron chi connectivity index (χ2n) is 7.42. The number of hydrogen-bond acceptors (Lipinski definition) is 7. The van der Waals surface area contributed by atoms with E-state index in [4.69, 9.17) is 14.6 Å². The summed E-state index contributed by atoms with van der Waals surface area (Å²) in [6.45, 7) is 3.41. The molecule has 0 bridgehead atoms. The SMILES string of the molecule is CC(C)OCCNC(=O)C(NC(=O)c1ccc(-c2ccc(OCCO)cc2)cc1)C(=O)CO. The van der Waals surface area contributed by atoms with Crippen molar-refractivity contribution in [3.8, 4) is 16.9 Å². The Balaban J connectivity index is 2.01. The van der Waals surface area contributed by atoms with Gasteiger partial charge < -0.3 is 30.3 Å². The lowest BCUT2D eigenvalue weighted by Gasteiger charge is -2.17. The summed E-state index contributed by atoms with van der Waals surface area (Å²) in [7, 11) is 0. The maximum atomic E-state index is 12.6. The Hall–Kier alpha value is -3.27. The van der Waals surface area contributed by atoms with Gasteiger partial charge in [0.1, 0.15) is 19.0 Å². The first-order chi connectivity index (χ1) is 15.8. The molecule has 0 saturated heterocycles. The number of carbonyl (C=O) groups is 3. The van der Waals surface area contributed by atoms with Crippen LogP contribution in [0.2, 0.25) is 0 Å². The van der Waals surface area contributed by atoms with Crippen LogP contribution in [-0.2, 0) is 14.3 Å². The molecule has 2 aromatic carbocycles. The van der Waals surface area contributed by atoms with Crippen LogP contribution in [0.5, 0.6) is 5.75 Å². The highest BCUT2D eigenvalue weighted by Crippen LogP contribution is 2.23. The molecule has 1 atom stereocenters. The maximum absolute atomic E-state index is 12.6. The summed E-state index contributed by atoms with van der Waals surface area (Å²) in [4.78, 5) is 37.0. The van der Waals surface area contributed by atoms with Gasteiger partial charge in [-0.3, -0.25) is 14.4 Å². The molecule has 0 aliphatic carbocycles. The number of carbonyl (C=O) groups excluding carboxylic acids is 3. The van der Waals surface area contributed by atoms with Gasteiger partial charge in [0.05, 0.1) is 19.3 Å². The second-order valence-corrected chi connectivity index (χ2v) is 7.42. The van der Waals surface area contributed by atoms with Crippen molar-refractivity contribution in [3.63, 3.8) is 0 Å². The molecule has 0 aromatic heterocycles. The Morgan fingerprint density at radius 2 is 1.52 bits per heavy atom. The van der Waals surface area contributed by atoms with E-state index in [1.807, 2.05) is 26.0 Å². The highest BCUT2D eigenvalue weighted by molar-refractivity contribution is 6.10. The predicted molar refractivity (Wildman–Crippen MR) is 122 cm³/mol. The van der Waals surface area contributed by atoms with Gasteiger partial charge in [-0.2, -0.15) is 0 Å². The van der Waals surface area contributed by atoms with Crippen LogP contribution in [0.1, 0.15) is 24.2 Å². The first-order valence-corrected chi connectivity index (χ1v) is 10.6. The van der Waals surface area contributed by atoms with Gasteiger partial charge in [-0.25, -0.2) is 0 Å². The Labute approximate surface area is 192 Å². The maximum Gasteiger partial charge on any atom is 0.252 e. The topological polar surface area (TPSA) is 134 Å². The Bertz CT molecular complexity index is 911. The number of ether oxygens (including phenoxy) is 2. The van der Waals surface area contributed by atoms with Crippen LogP contribution in [0.15, 0.2) is 48.5 Å². The minimum absolute atomic E-state index is 0.00280. The van der Waals surface area contributed by atoms with E-state index in [1.165, 1.54) is 0 Å². The fourth-order valence-electron chi connectivity index (χ4n) is 2.89. The lowest BCUT2D eigenvalue weighted by molar-refractivity contribution is -0.132. The summed E-state index contributed by atoms with van der Waals surface area (Å²) >= 11 is 0. The lowest BCUT2D eigenvalue weighted by atomic mass is 10.0. The molecular formula is C24H30N2O7. The van der Waals surface area contributed by atoms with Gasteiger partial charge in [0, 0.05) is 12.1 Å². The zero-order valence-electron chi connectivity index (χ0n) is 18.7. The molecule has 0 heterocycles. The van der Waals surface area contributed by atoms with E-state index in [-0.39, 0.29) is 38.0 Å². The minimum atomic E-state index is -1.51. The van der Waals surface area contributed by atoms with E-state index in [0.29, 0.717) is 5.75 Å². The third-order valence-corrected chi connectivity index (χ3v) is 4.56. The first-order valence-electron chi connectivity index (χ1n) is 10.6. The van der Waals surface area contributed by atoms with Crippen molar-refractivity contribution < 1.29 is 34.1 Å². The number of nitrogens with one attached hydrogen (secondary N) is 2. The summed E-state index contributed by atoms with van der Waals surface area (Å²) in [5.74, 6) is -1.51. The fourth-order valence-corrected chi connectivity index (χ4v) is 2.89. The first kappa shape index (κ1) is 26.0. The Morgan fingerprint density at radius 3 is 2.06 bits per heavy atom. The summed E-state index contributed by atoms with van der Waals surface area (Å²) in [5, 5.41) is 22.9. The van der Waals surface area contributed by atoms with Gasteiger partial charge in [-0.15, -0.1) is 0 Å². The highest BCUT2D eigenvalue weighted by atomic mass is 16.5. The van der Waals surface area contributed by atoms with E-state index >= 15 is 0 Å². The van der Waals surface area contributed by atoms with E-state index < -0.39 is 30.2 Å². The standard InChI is InChI=1S/C24H30N2O7/c1-16(2)32-13-11-25-24(31)22(21(29)15-28)26-23(30)19-5-3-17(4-6-19)18-7-9-20(10-8-18)33-14-12-27/h3-10,16,22,27-28H,11-15H2,1-2H3,(H,25,31)(H,26,30). The van der Waals surface area contributed by atoms with Gasteiger partial charge in [0.2, 0.25) is 0 Å². The van der Waals surface area contributed by atoms with Crippen LogP contribution in [0.25, 0.3) is 11.1 Å². The molecule has 4 N–H and O–H groups in total. The van der Waals surface area contributed by atoms with Crippen LogP contribution in [0.4, 0.5) is 0 Å². The quantitative estimate of drug-likeness (QED) is 0.259. The molecule has 2 aromatic rings. The van der Waals surface area contributed by atoms with Crippen molar-refractivity contribution in [2.24, 2.45) is 0 Å². The van der Waals surface area contributed by atoms with Crippen molar-refractivity contribution >= 4 is 17.6 Å². The highest BCUT2D eigenvalue weighted by Gasteiger charge is 2.27. The number of hydrogen-bond donors (Lipinski definition) is 4. The number of aliphatic hydroxyl groups is 2. The third-order valence-electron chi connectivity index (χ3n) is 4.56. The summed E-state index contributed by atoms with van der Waals surface area (Å²) in [6, 6.07) is 12.4. The molecule has 0 radical (unpaired) electrons. The largest absolute Gasteiger partial charge is 0.491 e. The van der Waals surface area contributed by atoms with Gasteiger partial charge in [0.25, 0.3) is 11.8 Å². The number of amides is 2. The fraction of sp³-hybridized carbons (Fsp3) is 0.375. The average molecular weight is 459 g/mol. The molecule has 9 heteroatoms. The summed E-state index contributed by atoms with van der Waals surface area (Å²) < 4.78 is 10.7. The Morgan fingerprint density at radius 1 is 0.909 bits per heavy atom. The second kappa shape index (κ2) is 13.3. The zero-order valence-corrected chi connectivity index (χ0v) is 18.7. The smallest absolute Gasteiger partial charge is 0.252 e. The monoisotopic (exact) mass is 458 g/mol. The van der Waals surface area contributed by atoms with Crippen molar-refractivity contribution in [1.82, 2.24) is 10.6 Å². The van der Waals surface area contributed by atoms with Crippen LogP contribution in [0.3, 0.4) is 0 Å². The molecule has 2 amide bonds. The summed E-state index contributed by atoms with van der Waals surface area (Å²) in [6.07, 6.45) is -0.00280. The van der Waals surface area contributed by atoms with E-state index in [2.05, 4.69) is 10.6 Å². The van der Waals surface area contributed by atoms with Gasteiger partial charge in [-0.1, -0.05) is 24.3 Å². The molecule has 0 aliphatic heterocycles. The van der Waals surface area contributed by atoms with Crippen molar-refractivity contribution in [1.29, 1.82) is 0 Å². The molecule has 0 spiro atoms. The number of Topliss-reactive ketones (excluding diaryl/α,β-unsaturated/α-hetero) is 1. The molecule has 1 unspecified atom stereocenters. The number of aliphatic hydroxyl groups excluding tert-OH is 2. The molecule has 2 rings (SSSR count). The third kappa shape index (κ3) is 8.30. The molecule has 178 valence electrons. The number of rotatable bonds is 13. The number of benzene rings is 2. The van der Waals surface area contributed by atoms with Gasteiger partial charge >= 0.3 is 0 Å². The Kier molecular flexibility index (Phi) is 10.5. The van der Waals surface area contributed by atoms with Crippen molar-refractivity contribution in [2.45, 2.75) is 26.0 Å². The average Bonchev–Trinajstić information content (AvgIpc) is 2.83. The zero-order chi connectivity index (χ0) is 24.2. The summed E-state index contributed by atoms with van der Waals surface area (Å²) in [5.41, 5.74) is 2.01. The molecule has 9 nitrogen and oxygen atoms in total. The molecule has 0 aliphatic rings. The van der Waals surface area contributed by atoms with Crippen molar-refractivity contribution in [2.75, 3.05) is 33.0 Å². The van der Waals surface area contributed by atoms with Crippen LogP contribution in [0, 0.1) is 0 Å². The van der Waals surface area contributed by atoms with Gasteiger partial charge in [-0.05, 0) is 49.2 Å². The van der Waals surface area contributed by atoms with Crippen LogP contribution < -0.4 is 15.4 Å². The normalized spacial score (nSPS) is 11.7. The molecule has 33 heavy (non-hydrogen) atoms.